The molecule has 5 aromatic rings. The molecule has 0 aliphatic heterocycles. The minimum atomic E-state index is -2.77. The molecule has 10 rings (SSSR count). The van der Waals surface area contributed by atoms with E-state index in [9.17, 15) is 4.79 Å². The van der Waals surface area contributed by atoms with E-state index >= 15 is 0 Å². The van der Waals surface area contributed by atoms with Gasteiger partial charge in [0.25, 0.3) is 8.32 Å². The standard InChI is InChI=1S/C59H69NO3SSi/c1-41-16-15-17-42(2)55(41)64-56-47(39-58(6,7)40-53(56)61)25-22-43-23-26-48(27-24-43)60(30-31-63-65(57(3,4)5,50-18-11-9-12-19-50)51-20-13-10-14-21-51)49-28-29-54(62-8)52(35-49)59-36-44-32-45(37-59)34-46(33-44)38-59/h9-29,35,44-46H,30-34,36-40H2,1-8H3/b25-22+. The monoisotopic (exact) mass is 899 g/mol. The molecule has 4 bridgehead atoms. The topological polar surface area (TPSA) is 38.8 Å². The van der Waals surface area contributed by atoms with Crippen LogP contribution in [0.15, 0.2) is 143 Å². The zero-order chi connectivity index (χ0) is 45.6. The molecule has 0 spiro atoms. The maximum atomic E-state index is 13.8. The van der Waals surface area contributed by atoms with Gasteiger partial charge in [-0.15, -0.1) is 0 Å². The molecule has 0 amide bonds. The number of hydrogen-bond donors (Lipinski definition) is 0. The lowest BCUT2D eigenvalue weighted by Crippen LogP contribution is -2.67. The van der Waals surface area contributed by atoms with E-state index in [-0.39, 0.29) is 21.7 Å². The highest BCUT2D eigenvalue weighted by molar-refractivity contribution is 8.04. The van der Waals surface area contributed by atoms with Gasteiger partial charge in [-0.05, 0) is 155 Å². The van der Waals surface area contributed by atoms with Crippen LogP contribution in [-0.4, -0.2) is 34.4 Å². The average Bonchev–Trinajstić information content (AvgIpc) is 3.27. The molecule has 4 saturated carbocycles. The van der Waals surface area contributed by atoms with Crippen LogP contribution in [0.25, 0.3) is 6.08 Å². The van der Waals surface area contributed by atoms with Crippen molar-refractivity contribution >= 4 is 53.7 Å². The van der Waals surface area contributed by atoms with Gasteiger partial charge in [0.15, 0.2) is 5.78 Å². The number of aryl methyl sites for hydroxylation is 2. The van der Waals surface area contributed by atoms with E-state index < -0.39 is 8.32 Å². The van der Waals surface area contributed by atoms with Gasteiger partial charge in [0, 0.05) is 34.8 Å². The van der Waals surface area contributed by atoms with Crippen molar-refractivity contribution in [2.45, 2.75) is 115 Å². The molecule has 0 aromatic heterocycles. The molecule has 5 aliphatic carbocycles. The first-order chi connectivity index (χ1) is 31.2. The number of carbonyl (C=O) groups is 1. The van der Waals surface area contributed by atoms with Gasteiger partial charge in [0.1, 0.15) is 5.75 Å². The van der Waals surface area contributed by atoms with Gasteiger partial charge < -0.3 is 14.1 Å². The minimum absolute atomic E-state index is 0.0874. The first-order valence-electron chi connectivity index (χ1n) is 24.2. The molecule has 0 unspecified atom stereocenters. The fourth-order valence-electron chi connectivity index (χ4n) is 12.8. The Hall–Kier alpha value is -4.62. The molecule has 0 heterocycles. The van der Waals surface area contributed by atoms with Crippen LogP contribution < -0.4 is 20.0 Å². The molecular formula is C59H69NO3SSi. The zero-order valence-electron chi connectivity index (χ0n) is 40.1. The number of ether oxygens (including phenoxy) is 1. The molecule has 5 aromatic carbocycles. The summed E-state index contributed by atoms with van der Waals surface area (Å²) in [6, 6.07) is 44.4. The largest absolute Gasteiger partial charge is 0.496 e. The summed E-state index contributed by atoms with van der Waals surface area (Å²) in [7, 11) is -0.912. The van der Waals surface area contributed by atoms with Crippen LogP contribution in [0.5, 0.6) is 5.75 Å². The van der Waals surface area contributed by atoms with Crippen LogP contribution in [0.4, 0.5) is 11.4 Å². The highest BCUT2D eigenvalue weighted by Crippen LogP contribution is 2.62. The summed E-state index contributed by atoms with van der Waals surface area (Å²) < 4.78 is 13.8. The average molecular weight is 900 g/mol. The first-order valence-corrected chi connectivity index (χ1v) is 26.9. The Morgan fingerprint density at radius 3 is 1.85 bits per heavy atom. The summed E-state index contributed by atoms with van der Waals surface area (Å²) in [5.74, 6) is 3.78. The number of benzene rings is 5. The maximum absolute atomic E-state index is 13.8. The number of methoxy groups -OCH3 is 1. The molecule has 4 fully saturated rings. The van der Waals surface area contributed by atoms with Crippen molar-refractivity contribution in [3.63, 3.8) is 0 Å². The number of nitrogens with zero attached hydrogens (tertiary/aromatic N) is 1. The van der Waals surface area contributed by atoms with Crippen molar-refractivity contribution in [1.82, 2.24) is 0 Å². The van der Waals surface area contributed by atoms with Crippen LogP contribution in [0, 0.1) is 37.0 Å². The van der Waals surface area contributed by atoms with E-state index in [0.29, 0.717) is 19.6 Å². The Morgan fingerprint density at radius 1 is 0.723 bits per heavy atom. The summed E-state index contributed by atoms with van der Waals surface area (Å²) in [5.41, 5.74) is 8.48. The van der Waals surface area contributed by atoms with Crippen molar-refractivity contribution in [3.8, 4) is 5.75 Å². The summed E-state index contributed by atoms with van der Waals surface area (Å²) >= 11 is 1.66. The quantitative estimate of drug-likeness (QED) is 0.104. The molecule has 0 radical (unpaired) electrons. The highest BCUT2D eigenvalue weighted by Gasteiger charge is 2.53. The molecule has 4 nitrogen and oxygen atoms in total. The smallest absolute Gasteiger partial charge is 0.261 e. The van der Waals surface area contributed by atoms with Gasteiger partial charge >= 0.3 is 0 Å². The molecule has 6 heteroatoms. The number of ketones is 1. The van der Waals surface area contributed by atoms with E-state index in [2.05, 4.69) is 187 Å². The fraction of sp³-hybridized carbons (Fsp3) is 0.407. The van der Waals surface area contributed by atoms with E-state index in [4.69, 9.17) is 9.16 Å². The van der Waals surface area contributed by atoms with Crippen molar-refractivity contribution in [1.29, 1.82) is 0 Å². The summed E-state index contributed by atoms with van der Waals surface area (Å²) in [6.45, 7) is 17.0. The van der Waals surface area contributed by atoms with E-state index in [0.717, 1.165) is 51.7 Å². The number of rotatable bonds is 14. The van der Waals surface area contributed by atoms with Crippen LogP contribution >= 0.6 is 11.8 Å². The van der Waals surface area contributed by atoms with Crippen molar-refractivity contribution in [2.24, 2.45) is 23.2 Å². The predicted molar refractivity (Wildman–Crippen MR) is 276 cm³/mol. The molecule has 65 heavy (non-hydrogen) atoms. The van der Waals surface area contributed by atoms with Gasteiger partial charge in [0.05, 0.1) is 18.6 Å². The van der Waals surface area contributed by atoms with Gasteiger partial charge in [-0.25, -0.2) is 0 Å². The van der Waals surface area contributed by atoms with Gasteiger partial charge in [-0.2, -0.15) is 0 Å². The molecule has 338 valence electrons. The van der Waals surface area contributed by atoms with Crippen LogP contribution in [-0.2, 0) is 14.6 Å². The van der Waals surface area contributed by atoms with Crippen LogP contribution in [0.2, 0.25) is 5.04 Å². The van der Waals surface area contributed by atoms with Crippen molar-refractivity contribution in [3.05, 3.63) is 160 Å². The molecule has 0 N–H and O–H groups in total. The Morgan fingerprint density at radius 2 is 1.29 bits per heavy atom. The minimum Gasteiger partial charge on any atom is -0.496 e. The van der Waals surface area contributed by atoms with E-state index in [1.165, 1.54) is 76.2 Å². The number of hydrogen-bond acceptors (Lipinski definition) is 5. The van der Waals surface area contributed by atoms with Crippen LogP contribution in [0.1, 0.15) is 108 Å². The highest BCUT2D eigenvalue weighted by atomic mass is 32.2. The van der Waals surface area contributed by atoms with Crippen molar-refractivity contribution < 1.29 is 14.0 Å². The summed E-state index contributed by atoms with van der Waals surface area (Å²) in [5, 5.41) is 2.47. The summed E-state index contributed by atoms with van der Waals surface area (Å²) in [4.78, 5) is 18.3. The fourth-order valence-corrected chi connectivity index (χ4v) is 18.5. The Kier molecular flexibility index (Phi) is 12.8. The lowest BCUT2D eigenvalue weighted by Gasteiger charge is -2.57. The van der Waals surface area contributed by atoms with Gasteiger partial charge in [-0.1, -0.05) is 150 Å². The number of thioether (sulfide) groups is 1. The van der Waals surface area contributed by atoms with Crippen molar-refractivity contribution in [2.75, 3.05) is 25.2 Å². The third-order valence-corrected chi connectivity index (χ3v) is 21.9. The maximum Gasteiger partial charge on any atom is 0.261 e. The lowest BCUT2D eigenvalue weighted by molar-refractivity contribution is -0.117. The Labute approximate surface area is 395 Å². The Bertz CT molecular complexity index is 2480. The lowest BCUT2D eigenvalue weighted by atomic mass is 9.48. The van der Waals surface area contributed by atoms with Crippen LogP contribution in [0.3, 0.4) is 0 Å². The number of anilines is 2. The molecule has 0 saturated heterocycles. The third-order valence-electron chi connectivity index (χ3n) is 15.3. The zero-order valence-corrected chi connectivity index (χ0v) is 41.9. The molecular weight excluding hydrogens is 831 g/mol. The molecule has 5 aliphatic rings. The normalized spacial score (nSPS) is 22.8. The first kappa shape index (κ1) is 45.5. The van der Waals surface area contributed by atoms with E-state index in [1.54, 1.807) is 11.8 Å². The number of Topliss-reactive ketones (excluding diaryl/α,β-unsaturated/α-hetero) is 1. The predicted octanol–water partition coefficient (Wildman–Crippen LogP) is 13.9. The summed E-state index contributed by atoms with van der Waals surface area (Å²) in [6.07, 6.45) is 13.9. The SMILES string of the molecule is COc1ccc(N(CCO[Si](c2ccccc2)(c2ccccc2)C(C)(C)C)c2ccc(/C=C/C3=C(Sc4c(C)cccc4C)C(=O)CC(C)(C)C3)cc2)cc1C12CC3CC(CC(C3)C1)C2. The third kappa shape index (κ3) is 9.12. The second kappa shape index (κ2) is 18.2. The van der Waals surface area contributed by atoms with Gasteiger partial charge in [-0.3, -0.25) is 4.79 Å². The molecule has 0 atom stereocenters. The number of carbonyl (C=O) groups excluding carboxylic acids is 1. The van der Waals surface area contributed by atoms with E-state index in [1.807, 2.05) is 7.11 Å². The van der Waals surface area contributed by atoms with Gasteiger partial charge in [0.2, 0.25) is 0 Å². The number of allylic oxidation sites excluding steroid dienone is 3. The Balaban J connectivity index is 1.07. The second-order valence-corrected chi connectivity index (χ2v) is 27.1. The second-order valence-electron chi connectivity index (χ2n) is 21.8.